The van der Waals surface area contributed by atoms with Crippen molar-refractivity contribution >= 4 is 16.7 Å². The smallest absolute Gasteiger partial charge is 0.255 e. The first kappa shape index (κ1) is 16.5. The topological polar surface area (TPSA) is 82.0 Å². The quantitative estimate of drug-likeness (QED) is 0.744. The molecule has 1 saturated heterocycles. The average molecular weight is 330 g/mol. The number of ether oxygens (including phenoxy) is 1. The number of phenolic OH excluding ortho intramolecular Hbond substituents is 2. The van der Waals surface area contributed by atoms with Crippen LogP contribution < -0.4 is 5.32 Å². The molecule has 1 fully saturated rings. The Kier molecular flexibility index (Phi) is 4.87. The number of aromatic hydroxyl groups is 2. The molecule has 0 spiro atoms. The number of benzene rings is 2. The number of amides is 1. The molecule has 0 aliphatic carbocycles. The van der Waals surface area contributed by atoms with E-state index in [0.29, 0.717) is 30.5 Å². The molecule has 1 atom stereocenters. The third kappa shape index (κ3) is 3.29. The summed E-state index contributed by atoms with van der Waals surface area (Å²) in [5.41, 5.74) is 0.111. The average Bonchev–Trinajstić information content (AvgIpc) is 2.61. The summed E-state index contributed by atoms with van der Waals surface area (Å²) in [6.45, 7) is 5.61. The number of hydrogen-bond acceptors (Lipinski definition) is 5. The van der Waals surface area contributed by atoms with E-state index in [9.17, 15) is 15.0 Å². The SMILES string of the molecule is CC(CNC(=O)c1c(O)c(O)cc2ccccc12)N1CCOCC1. The molecule has 0 aromatic heterocycles. The Balaban J connectivity index is 1.77. The van der Waals surface area contributed by atoms with Gasteiger partial charge in [-0.2, -0.15) is 0 Å². The fraction of sp³-hybridized carbons (Fsp3) is 0.389. The molecule has 0 bridgehead atoms. The molecule has 1 aliphatic heterocycles. The fourth-order valence-corrected chi connectivity index (χ4v) is 3.03. The van der Waals surface area contributed by atoms with Gasteiger partial charge in [0.1, 0.15) is 0 Å². The summed E-state index contributed by atoms with van der Waals surface area (Å²) in [6, 6.07) is 8.80. The molecular weight excluding hydrogens is 308 g/mol. The van der Waals surface area contributed by atoms with E-state index in [1.807, 2.05) is 13.0 Å². The van der Waals surface area contributed by atoms with Crippen LogP contribution in [0.15, 0.2) is 30.3 Å². The van der Waals surface area contributed by atoms with E-state index in [2.05, 4.69) is 10.2 Å². The van der Waals surface area contributed by atoms with Crippen molar-refractivity contribution in [2.45, 2.75) is 13.0 Å². The molecule has 2 aromatic carbocycles. The van der Waals surface area contributed by atoms with Gasteiger partial charge in [-0.3, -0.25) is 9.69 Å². The standard InChI is InChI=1S/C18H22N2O4/c1-12(20-6-8-24-9-7-20)11-19-18(23)16-14-5-3-2-4-13(14)10-15(21)17(16)22/h2-5,10,12,21-22H,6-9,11H2,1H3,(H,19,23). The number of hydrogen-bond donors (Lipinski definition) is 3. The minimum absolute atomic E-state index is 0.111. The molecule has 3 rings (SSSR count). The van der Waals surface area contributed by atoms with Crippen LogP contribution in [0.25, 0.3) is 10.8 Å². The number of fused-ring (bicyclic) bond motifs is 1. The summed E-state index contributed by atoms with van der Waals surface area (Å²) in [5.74, 6) is -1.06. The lowest BCUT2D eigenvalue weighted by Gasteiger charge is -2.32. The van der Waals surface area contributed by atoms with Gasteiger partial charge >= 0.3 is 0 Å². The second kappa shape index (κ2) is 7.07. The van der Waals surface area contributed by atoms with Crippen LogP contribution in [0.2, 0.25) is 0 Å². The third-order valence-electron chi connectivity index (χ3n) is 4.46. The normalized spacial score (nSPS) is 16.9. The highest BCUT2D eigenvalue weighted by molar-refractivity contribution is 6.10. The van der Waals surface area contributed by atoms with Crippen LogP contribution in [0.3, 0.4) is 0 Å². The Morgan fingerprint density at radius 3 is 2.75 bits per heavy atom. The highest BCUT2D eigenvalue weighted by atomic mass is 16.5. The number of carbonyl (C=O) groups excluding carboxylic acids is 1. The van der Waals surface area contributed by atoms with Crippen molar-refractivity contribution in [1.82, 2.24) is 10.2 Å². The molecule has 6 nitrogen and oxygen atoms in total. The zero-order valence-corrected chi connectivity index (χ0v) is 13.7. The maximum absolute atomic E-state index is 12.6. The van der Waals surface area contributed by atoms with E-state index in [1.165, 1.54) is 6.07 Å². The van der Waals surface area contributed by atoms with Crippen molar-refractivity contribution in [3.8, 4) is 11.5 Å². The van der Waals surface area contributed by atoms with Gasteiger partial charge in [0.25, 0.3) is 5.91 Å². The Hall–Kier alpha value is -2.31. The first-order valence-corrected chi connectivity index (χ1v) is 8.11. The maximum Gasteiger partial charge on any atom is 0.255 e. The Bertz CT molecular complexity index is 741. The van der Waals surface area contributed by atoms with Gasteiger partial charge in [0.2, 0.25) is 0 Å². The lowest BCUT2D eigenvalue weighted by Crippen LogP contribution is -2.47. The molecule has 1 amide bonds. The van der Waals surface area contributed by atoms with Gasteiger partial charge in [-0.05, 0) is 23.8 Å². The largest absolute Gasteiger partial charge is 0.504 e. The Morgan fingerprint density at radius 1 is 1.29 bits per heavy atom. The minimum atomic E-state index is -0.389. The van der Waals surface area contributed by atoms with Gasteiger partial charge in [0.15, 0.2) is 11.5 Å². The lowest BCUT2D eigenvalue weighted by atomic mass is 10.0. The lowest BCUT2D eigenvalue weighted by molar-refractivity contribution is 0.0204. The highest BCUT2D eigenvalue weighted by Gasteiger charge is 2.21. The predicted molar refractivity (Wildman–Crippen MR) is 91.5 cm³/mol. The van der Waals surface area contributed by atoms with Gasteiger partial charge in [0, 0.05) is 25.7 Å². The summed E-state index contributed by atoms with van der Waals surface area (Å²) in [7, 11) is 0. The molecule has 128 valence electrons. The number of rotatable bonds is 4. The van der Waals surface area contributed by atoms with Crippen molar-refractivity contribution in [2.75, 3.05) is 32.8 Å². The van der Waals surface area contributed by atoms with Crippen LogP contribution in [0, 0.1) is 0 Å². The van der Waals surface area contributed by atoms with Crippen LogP contribution in [-0.4, -0.2) is 59.9 Å². The van der Waals surface area contributed by atoms with Gasteiger partial charge < -0.3 is 20.3 Å². The first-order chi connectivity index (χ1) is 11.6. The number of carbonyl (C=O) groups is 1. The Labute approximate surface area is 140 Å². The van der Waals surface area contributed by atoms with Gasteiger partial charge in [-0.1, -0.05) is 24.3 Å². The van der Waals surface area contributed by atoms with Gasteiger partial charge in [0.05, 0.1) is 18.8 Å². The van der Waals surface area contributed by atoms with Crippen LogP contribution in [0.4, 0.5) is 0 Å². The maximum atomic E-state index is 12.6. The molecule has 0 radical (unpaired) electrons. The number of nitrogens with one attached hydrogen (secondary N) is 1. The second-order valence-corrected chi connectivity index (χ2v) is 6.05. The van der Waals surface area contributed by atoms with Crippen LogP contribution in [0.1, 0.15) is 17.3 Å². The number of morpholine rings is 1. The van der Waals surface area contributed by atoms with Crippen molar-refractivity contribution in [3.05, 3.63) is 35.9 Å². The van der Waals surface area contributed by atoms with E-state index in [0.717, 1.165) is 13.1 Å². The number of phenols is 2. The fourth-order valence-electron chi connectivity index (χ4n) is 3.03. The van der Waals surface area contributed by atoms with Crippen LogP contribution in [-0.2, 0) is 4.74 Å². The van der Waals surface area contributed by atoms with E-state index in [4.69, 9.17) is 4.74 Å². The molecule has 1 aliphatic rings. The molecule has 3 N–H and O–H groups in total. The van der Waals surface area contributed by atoms with Crippen LogP contribution >= 0.6 is 0 Å². The summed E-state index contributed by atoms with van der Waals surface area (Å²) < 4.78 is 5.33. The molecule has 24 heavy (non-hydrogen) atoms. The second-order valence-electron chi connectivity index (χ2n) is 6.05. The molecule has 0 saturated carbocycles. The van der Waals surface area contributed by atoms with Crippen molar-refractivity contribution in [3.63, 3.8) is 0 Å². The Morgan fingerprint density at radius 2 is 2.00 bits per heavy atom. The highest BCUT2D eigenvalue weighted by Crippen LogP contribution is 2.35. The predicted octanol–water partition coefficient (Wildman–Crippen LogP) is 1.70. The zero-order chi connectivity index (χ0) is 17.1. The summed E-state index contributed by atoms with van der Waals surface area (Å²) in [4.78, 5) is 14.8. The summed E-state index contributed by atoms with van der Waals surface area (Å²) >= 11 is 0. The summed E-state index contributed by atoms with van der Waals surface area (Å²) in [6.07, 6.45) is 0. The molecule has 1 heterocycles. The summed E-state index contributed by atoms with van der Waals surface area (Å²) in [5, 5.41) is 24.2. The third-order valence-corrected chi connectivity index (χ3v) is 4.46. The van der Waals surface area contributed by atoms with Crippen LogP contribution in [0.5, 0.6) is 11.5 Å². The zero-order valence-electron chi connectivity index (χ0n) is 13.7. The van der Waals surface area contributed by atoms with Crippen molar-refractivity contribution in [1.29, 1.82) is 0 Å². The molecule has 2 aromatic rings. The van der Waals surface area contributed by atoms with E-state index in [1.54, 1.807) is 18.2 Å². The first-order valence-electron chi connectivity index (χ1n) is 8.11. The molecular formula is C18H22N2O4. The minimum Gasteiger partial charge on any atom is -0.504 e. The van der Waals surface area contributed by atoms with E-state index < -0.39 is 0 Å². The number of nitrogens with zero attached hydrogens (tertiary/aromatic N) is 1. The van der Waals surface area contributed by atoms with Crippen molar-refractivity contribution < 1.29 is 19.7 Å². The van der Waals surface area contributed by atoms with Crippen molar-refractivity contribution in [2.24, 2.45) is 0 Å². The van der Waals surface area contributed by atoms with Gasteiger partial charge in [-0.15, -0.1) is 0 Å². The van der Waals surface area contributed by atoms with Gasteiger partial charge in [-0.25, -0.2) is 0 Å². The monoisotopic (exact) mass is 330 g/mol. The van der Waals surface area contributed by atoms with E-state index >= 15 is 0 Å². The van der Waals surface area contributed by atoms with E-state index in [-0.39, 0.29) is 29.0 Å². The molecule has 6 heteroatoms. The molecule has 1 unspecified atom stereocenters.